The van der Waals surface area contributed by atoms with Gasteiger partial charge in [-0.1, -0.05) is 18.2 Å². The SMILES string of the molecule is Cc1cccc(N2CCN(CCCNC(=O)/C=C/c3ccc4c(c3)OCO4)CC2)c1. The van der Waals surface area contributed by atoms with Gasteiger partial charge < -0.3 is 19.7 Å². The average Bonchev–Trinajstić information content (AvgIpc) is 3.24. The van der Waals surface area contributed by atoms with Gasteiger partial charge >= 0.3 is 0 Å². The van der Waals surface area contributed by atoms with Gasteiger partial charge in [0.2, 0.25) is 12.7 Å². The molecule has 1 N–H and O–H groups in total. The van der Waals surface area contributed by atoms with Gasteiger partial charge in [0, 0.05) is 44.5 Å². The van der Waals surface area contributed by atoms with E-state index in [1.807, 2.05) is 18.2 Å². The van der Waals surface area contributed by atoms with Crippen molar-refractivity contribution >= 4 is 17.7 Å². The lowest BCUT2D eigenvalue weighted by atomic mass is 10.2. The molecular weight excluding hydrogens is 378 g/mol. The van der Waals surface area contributed by atoms with Crippen LogP contribution < -0.4 is 19.7 Å². The molecule has 4 rings (SSSR count). The molecule has 2 heterocycles. The standard InChI is InChI=1S/C24H29N3O3/c1-19-4-2-5-21(16-19)27-14-12-26(13-15-27)11-3-10-25-24(28)9-7-20-6-8-22-23(17-20)30-18-29-22/h2,4-9,16-17H,3,10-15,18H2,1H3,(H,25,28)/b9-7+. The highest BCUT2D eigenvalue weighted by atomic mass is 16.7. The van der Waals surface area contributed by atoms with Crippen molar-refractivity contribution in [2.24, 2.45) is 0 Å². The molecule has 30 heavy (non-hydrogen) atoms. The third-order valence-corrected chi connectivity index (χ3v) is 5.51. The van der Waals surface area contributed by atoms with Crippen LogP contribution in [0.15, 0.2) is 48.5 Å². The highest BCUT2D eigenvalue weighted by molar-refractivity contribution is 5.91. The highest BCUT2D eigenvalue weighted by Crippen LogP contribution is 2.32. The Morgan fingerprint density at radius 2 is 1.90 bits per heavy atom. The zero-order valence-corrected chi connectivity index (χ0v) is 17.5. The van der Waals surface area contributed by atoms with Crippen molar-refractivity contribution in [3.63, 3.8) is 0 Å². The lowest BCUT2D eigenvalue weighted by molar-refractivity contribution is -0.116. The fraction of sp³-hybridized carbons (Fsp3) is 0.375. The normalized spacial score (nSPS) is 16.2. The summed E-state index contributed by atoms with van der Waals surface area (Å²) in [6.45, 7) is 8.30. The van der Waals surface area contributed by atoms with E-state index in [2.05, 4.69) is 46.3 Å². The third-order valence-electron chi connectivity index (χ3n) is 5.51. The summed E-state index contributed by atoms with van der Waals surface area (Å²) in [5.41, 5.74) is 3.54. The minimum absolute atomic E-state index is 0.0723. The predicted octanol–water partition coefficient (Wildman–Crippen LogP) is 3.07. The molecule has 0 aliphatic carbocycles. The summed E-state index contributed by atoms with van der Waals surface area (Å²) in [5, 5.41) is 2.97. The molecule has 0 aromatic heterocycles. The number of aryl methyl sites for hydroxylation is 1. The second kappa shape index (κ2) is 9.67. The molecule has 1 amide bonds. The Morgan fingerprint density at radius 1 is 1.07 bits per heavy atom. The van der Waals surface area contributed by atoms with Gasteiger partial charge in [-0.2, -0.15) is 0 Å². The fourth-order valence-corrected chi connectivity index (χ4v) is 3.82. The number of hydrogen-bond donors (Lipinski definition) is 1. The monoisotopic (exact) mass is 407 g/mol. The van der Waals surface area contributed by atoms with E-state index in [1.165, 1.54) is 11.3 Å². The first kappa shape index (κ1) is 20.3. The molecule has 0 bridgehead atoms. The number of nitrogens with one attached hydrogen (secondary N) is 1. The first-order valence-electron chi connectivity index (χ1n) is 10.6. The molecule has 0 radical (unpaired) electrons. The molecule has 2 aliphatic heterocycles. The maximum Gasteiger partial charge on any atom is 0.243 e. The molecule has 158 valence electrons. The van der Waals surface area contributed by atoms with Crippen LogP contribution in [0.5, 0.6) is 11.5 Å². The van der Waals surface area contributed by atoms with E-state index in [1.54, 1.807) is 12.2 Å². The minimum atomic E-state index is -0.0723. The Morgan fingerprint density at radius 3 is 2.73 bits per heavy atom. The largest absolute Gasteiger partial charge is 0.454 e. The van der Waals surface area contributed by atoms with Crippen molar-refractivity contribution in [2.45, 2.75) is 13.3 Å². The molecule has 1 fully saturated rings. The van der Waals surface area contributed by atoms with Crippen LogP contribution in [0, 0.1) is 6.92 Å². The smallest absolute Gasteiger partial charge is 0.243 e. The molecule has 0 unspecified atom stereocenters. The van der Waals surface area contributed by atoms with Crippen LogP contribution in [0.1, 0.15) is 17.5 Å². The number of piperazine rings is 1. The lowest BCUT2D eigenvalue weighted by Crippen LogP contribution is -2.47. The number of nitrogens with zero attached hydrogens (tertiary/aromatic N) is 2. The Bertz CT molecular complexity index is 904. The minimum Gasteiger partial charge on any atom is -0.454 e. The van der Waals surface area contributed by atoms with Gasteiger partial charge in [-0.25, -0.2) is 0 Å². The van der Waals surface area contributed by atoms with E-state index >= 15 is 0 Å². The number of hydrogen-bond acceptors (Lipinski definition) is 5. The van der Waals surface area contributed by atoms with Crippen LogP contribution in [0.3, 0.4) is 0 Å². The summed E-state index contributed by atoms with van der Waals surface area (Å²) in [4.78, 5) is 17.0. The second-order valence-corrected chi connectivity index (χ2v) is 7.76. The van der Waals surface area contributed by atoms with E-state index in [-0.39, 0.29) is 12.7 Å². The summed E-state index contributed by atoms with van der Waals surface area (Å²) < 4.78 is 10.7. The third kappa shape index (κ3) is 5.33. The van der Waals surface area contributed by atoms with Crippen molar-refractivity contribution in [1.29, 1.82) is 0 Å². The van der Waals surface area contributed by atoms with E-state index in [4.69, 9.17) is 9.47 Å². The molecule has 2 aromatic carbocycles. The van der Waals surface area contributed by atoms with E-state index < -0.39 is 0 Å². The fourth-order valence-electron chi connectivity index (χ4n) is 3.82. The second-order valence-electron chi connectivity index (χ2n) is 7.76. The molecule has 0 saturated carbocycles. The molecule has 1 saturated heterocycles. The maximum atomic E-state index is 12.1. The quantitative estimate of drug-likeness (QED) is 0.565. The van der Waals surface area contributed by atoms with E-state index in [0.29, 0.717) is 6.54 Å². The molecular formula is C24H29N3O3. The number of carbonyl (C=O) groups excluding carboxylic acids is 1. The summed E-state index contributed by atoms with van der Waals surface area (Å²) >= 11 is 0. The molecule has 0 atom stereocenters. The van der Waals surface area contributed by atoms with Crippen molar-refractivity contribution in [3.05, 3.63) is 59.7 Å². The van der Waals surface area contributed by atoms with E-state index in [0.717, 1.165) is 56.2 Å². The van der Waals surface area contributed by atoms with Crippen molar-refractivity contribution in [2.75, 3.05) is 51.0 Å². The Hall–Kier alpha value is -2.99. The zero-order chi connectivity index (χ0) is 20.8. The Kier molecular flexibility index (Phi) is 6.54. The van der Waals surface area contributed by atoms with E-state index in [9.17, 15) is 4.79 Å². The molecule has 0 spiro atoms. The predicted molar refractivity (Wildman–Crippen MR) is 119 cm³/mol. The van der Waals surface area contributed by atoms with Crippen molar-refractivity contribution in [3.8, 4) is 11.5 Å². The summed E-state index contributed by atoms with van der Waals surface area (Å²) in [6.07, 6.45) is 4.31. The van der Waals surface area contributed by atoms with Crippen LogP contribution in [-0.2, 0) is 4.79 Å². The Labute approximate surface area is 178 Å². The van der Waals surface area contributed by atoms with Gasteiger partial charge in [-0.3, -0.25) is 9.69 Å². The lowest BCUT2D eigenvalue weighted by Gasteiger charge is -2.36. The van der Waals surface area contributed by atoms with Gasteiger partial charge in [-0.15, -0.1) is 0 Å². The molecule has 6 heteroatoms. The molecule has 2 aromatic rings. The number of rotatable bonds is 7. The van der Waals surface area contributed by atoms with Gasteiger partial charge in [0.05, 0.1) is 0 Å². The average molecular weight is 408 g/mol. The van der Waals surface area contributed by atoms with Crippen LogP contribution in [0.2, 0.25) is 0 Å². The first-order chi connectivity index (χ1) is 14.7. The summed E-state index contributed by atoms with van der Waals surface area (Å²) in [5.74, 6) is 1.40. The number of benzene rings is 2. The van der Waals surface area contributed by atoms with Gasteiger partial charge in [0.15, 0.2) is 11.5 Å². The van der Waals surface area contributed by atoms with Gasteiger partial charge in [0.25, 0.3) is 0 Å². The number of anilines is 1. The van der Waals surface area contributed by atoms with Gasteiger partial charge in [-0.05, 0) is 61.4 Å². The topological polar surface area (TPSA) is 54.0 Å². The Balaban J connectivity index is 1.13. The first-order valence-corrected chi connectivity index (χ1v) is 10.6. The molecule has 2 aliphatic rings. The van der Waals surface area contributed by atoms with Crippen LogP contribution in [0.4, 0.5) is 5.69 Å². The number of fused-ring (bicyclic) bond motifs is 1. The van der Waals surface area contributed by atoms with Crippen LogP contribution in [-0.4, -0.2) is 56.9 Å². The summed E-state index contributed by atoms with van der Waals surface area (Å²) in [6, 6.07) is 14.4. The number of ether oxygens (including phenoxy) is 2. The summed E-state index contributed by atoms with van der Waals surface area (Å²) in [7, 11) is 0. The number of amides is 1. The van der Waals surface area contributed by atoms with Gasteiger partial charge in [0.1, 0.15) is 0 Å². The van der Waals surface area contributed by atoms with Crippen molar-refractivity contribution < 1.29 is 14.3 Å². The van der Waals surface area contributed by atoms with Crippen LogP contribution >= 0.6 is 0 Å². The maximum absolute atomic E-state index is 12.1. The molecule has 6 nitrogen and oxygen atoms in total. The zero-order valence-electron chi connectivity index (χ0n) is 17.5. The van der Waals surface area contributed by atoms with Crippen LogP contribution in [0.25, 0.3) is 6.08 Å². The van der Waals surface area contributed by atoms with Crippen molar-refractivity contribution in [1.82, 2.24) is 10.2 Å². The number of carbonyl (C=O) groups is 1. The highest BCUT2D eigenvalue weighted by Gasteiger charge is 2.17.